The van der Waals surface area contributed by atoms with E-state index in [0.717, 1.165) is 32.0 Å². The van der Waals surface area contributed by atoms with Crippen molar-refractivity contribution in [1.82, 2.24) is 25.5 Å². The normalized spacial score (nSPS) is 13.6. The van der Waals surface area contributed by atoms with Crippen LogP contribution < -0.4 is 25.0 Å². The standard InChI is InChI=1S/C24H23Cl2N7O3/c1-35-16-11-17(36-2)21(26)19(20(16)25)15-5-4-14-22(29-15)31-32-23(14)30-24(34)13-3-6-18(28-12-13)33-9-7-27-8-10-33/h3-6,11-12,27H,7-10H2,1-2H3,(H2,29,30,31,32,34). The van der Waals surface area contributed by atoms with Crippen LogP contribution in [0.3, 0.4) is 0 Å². The van der Waals surface area contributed by atoms with E-state index in [1.54, 1.807) is 30.5 Å². The number of halogens is 2. The van der Waals surface area contributed by atoms with Gasteiger partial charge in [0.25, 0.3) is 5.91 Å². The molecule has 1 aliphatic heterocycles. The summed E-state index contributed by atoms with van der Waals surface area (Å²) in [5, 5.41) is 14.4. The maximum Gasteiger partial charge on any atom is 0.258 e. The third kappa shape index (κ3) is 4.50. The third-order valence-electron chi connectivity index (χ3n) is 5.94. The van der Waals surface area contributed by atoms with E-state index in [0.29, 0.717) is 55.2 Å². The second-order valence-corrected chi connectivity index (χ2v) is 8.80. The van der Waals surface area contributed by atoms with Gasteiger partial charge in [-0.15, -0.1) is 0 Å². The summed E-state index contributed by atoms with van der Waals surface area (Å²) >= 11 is 13.1. The molecule has 36 heavy (non-hydrogen) atoms. The SMILES string of the molecule is COc1cc(OC)c(Cl)c(-c2ccc3c(NC(=O)c4ccc(N5CCNCC5)nc4)n[nH]c3n2)c1Cl. The number of piperazine rings is 1. The van der Waals surface area contributed by atoms with E-state index in [1.807, 2.05) is 6.07 Å². The Hall–Kier alpha value is -3.60. The van der Waals surface area contributed by atoms with E-state index in [9.17, 15) is 4.79 Å². The van der Waals surface area contributed by atoms with Crippen molar-refractivity contribution in [2.45, 2.75) is 0 Å². The van der Waals surface area contributed by atoms with Gasteiger partial charge in [-0.2, -0.15) is 5.10 Å². The molecule has 0 radical (unpaired) electrons. The van der Waals surface area contributed by atoms with Crippen molar-refractivity contribution >= 4 is 51.8 Å². The maximum atomic E-state index is 12.9. The highest BCUT2D eigenvalue weighted by Gasteiger charge is 2.21. The number of nitrogens with zero attached hydrogens (tertiary/aromatic N) is 4. The van der Waals surface area contributed by atoms with Gasteiger partial charge in [-0.1, -0.05) is 23.2 Å². The van der Waals surface area contributed by atoms with Gasteiger partial charge in [0.1, 0.15) is 17.3 Å². The molecule has 1 amide bonds. The van der Waals surface area contributed by atoms with E-state index in [-0.39, 0.29) is 5.91 Å². The molecular formula is C24H23Cl2N7O3. The fraction of sp³-hybridized carbons (Fsp3) is 0.250. The predicted molar refractivity (Wildman–Crippen MR) is 140 cm³/mol. The van der Waals surface area contributed by atoms with Crippen LogP contribution in [0.25, 0.3) is 22.3 Å². The van der Waals surface area contributed by atoms with E-state index in [2.05, 4.69) is 35.7 Å². The Bertz CT molecular complexity index is 1390. The molecule has 4 aromatic rings. The monoisotopic (exact) mass is 527 g/mol. The van der Waals surface area contributed by atoms with Crippen molar-refractivity contribution in [3.8, 4) is 22.8 Å². The first-order chi connectivity index (χ1) is 17.5. The Labute approximate surface area is 216 Å². The first-order valence-corrected chi connectivity index (χ1v) is 11.9. The highest BCUT2D eigenvalue weighted by molar-refractivity contribution is 6.41. The number of ether oxygens (including phenoxy) is 2. The number of carbonyl (C=O) groups excluding carboxylic acids is 1. The van der Waals surface area contributed by atoms with Crippen LogP contribution >= 0.6 is 23.2 Å². The number of hydrogen-bond donors (Lipinski definition) is 3. The maximum absolute atomic E-state index is 12.9. The number of anilines is 2. The summed E-state index contributed by atoms with van der Waals surface area (Å²) in [5.74, 6) is 1.69. The fourth-order valence-electron chi connectivity index (χ4n) is 4.03. The molecule has 0 unspecified atom stereocenters. The molecule has 1 saturated heterocycles. The van der Waals surface area contributed by atoms with Gasteiger partial charge in [-0.25, -0.2) is 9.97 Å². The van der Waals surface area contributed by atoms with Crippen LogP contribution in [0.5, 0.6) is 11.5 Å². The summed E-state index contributed by atoms with van der Waals surface area (Å²) in [6, 6.07) is 8.74. The van der Waals surface area contributed by atoms with Crippen LogP contribution in [0.4, 0.5) is 11.6 Å². The molecule has 1 aliphatic rings. The Morgan fingerprint density at radius 3 is 2.42 bits per heavy atom. The number of methoxy groups -OCH3 is 2. The van der Waals surface area contributed by atoms with Crippen LogP contribution in [-0.4, -0.2) is 66.5 Å². The Kier molecular flexibility index (Phi) is 6.82. The van der Waals surface area contributed by atoms with Gasteiger partial charge in [-0.3, -0.25) is 9.89 Å². The number of nitrogens with one attached hydrogen (secondary N) is 3. The molecule has 0 atom stereocenters. The van der Waals surface area contributed by atoms with Gasteiger partial charge in [0.05, 0.1) is 40.9 Å². The molecule has 1 fully saturated rings. The first kappa shape index (κ1) is 24.1. The number of pyridine rings is 2. The number of aromatic nitrogens is 4. The van der Waals surface area contributed by atoms with Gasteiger partial charge in [0, 0.05) is 44.0 Å². The third-order valence-corrected chi connectivity index (χ3v) is 6.69. The van der Waals surface area contributed by atoms with Crippen molar-refractivity contribution in [3.63, 3.8) is 0 Å². The number of hydrogen-bond acceptors (Lipinski definition) is 8. The van der Waals surface area contributed by atoms with Gasteiger partial charge in [-0.05, 0) is 24.3 Å². The summed E-state index contributed by atoms with van der Waals surface area (Å²) in [6.45, 7) is 3.59. The number of carbonyl (C=O) groups is 1. The number of amides is 1. The molecule has 10 nitrogen and oxygen atoms in total. The average molecular weight is 528 g/mol. The Balaban J connectivity index is 1.39. The largest absolute Gasteiger partial charge is 0.495 e. The number of benzene rings is 1. The lowest BCUT2D eigenvalue weighted by atomic mass is 10.1. The molecular weight excluding hydrogens is 505 g/mol. The van der Waals surface area contributed by atoms with Gasteiger partial charge >= 0.3 is 0 Å². The van der Waals surface area contributed by atoms with E-state index in [1.165, 1.54) is 14.2 Å². The number of aromatic amines is 1. The minimum absolute atomic E-state index is 0.306. The summed E-state index contributed by atoms with van der Waals surface area (Å²) in [4.78, 5) is 24.1. The minimum atomic E-state index is -0.324. The van der Waals surface area contributed by atoms with Crippen molar-refractivity contribution in [2.24, 2.45) is 0 Å². The second-order valence-electron chi connectivity index (χ2n) is 8.05. The minimum Gasteiger partial charge on any atom is -0.495 e. The zero-order chi connectivity index (χ0) is 25.2. The summed E-state index contributed by atoms with van der Waals surface area (Å²) in [5.41, 5.74) is 1.83. The second kappa shape index (κ2) is 10.2. The lowest BCUT2D eigenvalue weighted by Crippen LogP contribution is -2.43. The van der Waals surface area contributed by atoms with Crippen LogP contribution in [0.2, 0.25) is 10.0 Å². The molecule has 1 aromatic carbocycles. The van der Waals surface area contributed by atoms with Crippen molar-refractivity contribution in [3.05, 3.63) is 52.1 Å². The zero-order valence-corrected chi connectivity index (χ0v) is 21.1. The lowest BCUT2D eigenvalue weighted by Gasteiger charge is -2.28. The molecule has 0 aliphatic carbocycles. The smallest absolute Gasteiger partial charge is 0.258 e. The molecule has 3 N–H and O–H groups in total. The first-order valence-electron chi connectivity index (χ1n) is 11.2. The Morgan fingerprint density at radius 2 is 1.78 bits per heavy atom. The quantitative estimate of drug-likeness (QED) is 0.344. The number of rotatable bonds is 6. The van der Waals surface area contributed by atoms with Crippen molar-refractivity contribution in [2.75, 3.05) is 50.6 Å². The molecule has 4 heterocycles. The van der Waals surface area contributed by atoms with Crippen LogP contribution in [0, 0.1) is 0 Å². The van der Waals surface area contributed by atoms with Crippen LogP contribution in [0.15, 0.2) is 36.5 Å². The van der Waals surface area contributed by atoms with Crippen LogP contribution in [0.1, 0.15) is 10.4 Å². The average Bonchev–Trinajstić information content (AvgIpc) is 3.31. The van der Waals surface area contributed by atoms with E-state index >= 15 is 0 Å². The number of H-pyrrole nitrogens is 1. The predicted octanol–water partition coefficient (Wildman–Crippen LogP) is 4.01. The molecule has 3 aromatic heterocycles. The Morgan fingerprint density at radius 1 is 1.06 bits per heavy atom. The van der Waals surface area contributed by atoms with Crippen molar-refractivity contribution in [1.29, 1.82) is 0 Å². The molecule has 5 rings (SSSR count). The fourth-order valence-corrected chi connectivity index (χ4v) is 4.73. The van der Waals surface area contributed by atoms with E-state index < -0.39 is 0 Å². The summed E-state index contributed by atoms with van der Waals surface area (Å²) in [7, 11) is 3.01. The molecule has 0 spiro atoms. The highest BCUT2D eigenvalue weighted by atomic mass is 35.5. The molecule has 0 bridgehead atoms. The zero-order valence-electron chi connectivity index (χ0n) is 19.6. The van der Waals surface area contributed by atoms with Gasteiger partial charge in [0.2, 0.25) is 0 Å². The summed E-state index contributed by atoms with van der Waals surface area (Å²) in [6.07, 6.45) is 1.57. The number of fused-ring (bicyclic) bond motifs is 1. The molecule has 0 saturated carbocycles. The highest BCUT2D eigenvalue weighted by Crippen LogP contribution is 2.45. The topological polar surface area (TPSA) is 117 Å². The molecule has 186 valence electrons. The van der Waals surface area contributed by atoms with E-state index in [4.69, 9.17) is 32.7 Å². The van der Waals surface area contributed by atoms with Crippen LogP contribution in [-0.2, 0) is 0 Å². The summed E-state index contributed by atoms with van der Waals surface area (Å²) < 4.78 is 10.7. The van der Waals surface area contributed by atoms with Gasteiger partial charge in [0.15, 0.2) is 11.5 Å². The molecule has 12 heteroatoms. The lowest BCUT2D eigenvalue weighted by molar-refractivity contribution is 0.102. The van der Waals surface area contributed by atoms with Crippen molar-refractivity contribution < 1.29 is 14.3 Å². The van der Waals surface area contributed by atoms with Gasteiger partial charge < -0.3 is 25.0 Å².